The summed E-state index contributed by atoms with van der Waals surface area (Å²) in [6, 6.07) is 14.6. The summed E-state index contributed by atoms with van der Waals surface area (Å²) in [5.74, 6) is -0.266. The van der Waals surface area contributed by atoms with Crippen molar-refractivity contribution in [1.29, 1.82) is 0 Å². The van der Waals surface area contributed by atoms with E-state index in [0.29, 0.717) is 25.4 Å². The molecule has 0 aromatic heterocycles. The van der Waals surface area contributed by atoms with Gasteiger partial charge in [0.1, 0.15) is 5.75 Å². The molecular formula is C21H25N3O5S. The molecule has 1 heterocycles. The first-order valence-electron chi connectivity index (χ1n) is 9.80. The van der Waals surface area contributed by atoms with Gasteiger partial charge < -0.3 is 10.1 Å². The molecule has 9 heteroatoms. The molecule has 0 spiro atoms. The monoisotopic (exact) mass is 431 g/mol. The fraction of sp³-hybridized carbons (Fsp3) is 0.333. The summed E-state index contributed by atoms with van der Waals surface area (Å²) in [5, 5.41) is 4.77. The van der Waals surface area contributed by atoms with E-state index < -0.39 is 22.0 Å². The third-order valence-corrected chi connectivity index (χ3v) is 6.61. The van der Waals surface area contributed by atoms with Gasteiger partial charge in [0.2, 0.25) is 10.0 Å². The number of hydrogen-bond donors (Lipinski definition) is 2. The summed E-state index contributed by atoms with van der Waals surface area (Å²) >= 11 is 0. The molecule has 1 saturated heterocycles. The van der Waals surface area contributed by atoms with Gasteiger partial charge in [0, 0.05) is 19.6 Å². The van der Waals surface area contributed by atoms with Gasteiger partial charge in [-0.1, -0.05) is 36.8 Å². The predicted molar refractivity (Wildman–Crippen MR) is 111 cm³/mol. The van der Waals surface area contributed by atoms with Gasteiger partial charge in [0.15, 0.2) is 6.61 Å². The lowest BCUT2D eigenvalue weighted by Crippen LogP contribution is -2.41. The van der Waals surface area contributed by atoms with E-state index in [4.69, 9.17) is 4.74 Å². The standard InChI is InChI=1S/C21H25N3O5S/c25-20(23-21(26)22-15-17-7-3-1-4-8-17)16-29-18-9-11-19(12-10-18)30(27,28)24-13-5-2-6-14-24/h1,3-4,7-12H,2,5-6,13-16H2,(H2,22,23,25,26). The quantitative estimate of drug-likeness (QED) is 0.700. The molecule has 2 N–H and O–H groups in total. The van der Waals surface area contributed by atoms with Crippen LogP contribution in [0.15, 0.2) is 59.5 Å². The largest absolute Gasteiger partial charge is 0.484 e. The van der Waals surface area contributed by atoms with E-state index in [1.165, 1.54) is 28.6 Å². The molecule has 0 saturated carbocycles. The molecule has 160 valence electrons. The molecule has 3 amide bonds. The van der Waals surface area contributed by atoms with Gasteiger partial charge in [-0.25, -0.2) is 13.2 Å². The van der Waals surface area contributed by atoms with E-state index in [2.05, 4.69) is 10.6 Å². The van der Waals surface area contributed by atoms with Crippen molar-refractivity contribution in [3.63, 3.8) is 0 Å². The highest BCUT2D eigenvalue weighted by Gasteiger charge is 2.25. The van der Waals surface area contributed by atoms with Gasteiger partial charge >= 0.3 is 6.03 Å². The first kappa shape index (κ1) is 21.8. The Morgan fingerprint density at radius 1 is 0.933 bits per heavy atom. The minimum Gasteiger partial charge on any atom is -0.484 e. The van der Waals surface area contributed by atoms with Crippen LogP contribution in [0.1, 0.15) is 24.8 Å². The van der Waals surface area contributed by atoms with E-state index in [1.807, 2.05) is 30.3 Å². The number of amides is 3. The third kappa shape index (κ3) is 6.04. The third-order valence-electron chi connectivity index (χ3n) is 4.70. The Labute approximate surface area is 176 Å². The van der Waals surface area contributed by atoms with Crippen molar-refractivity contribution in [2.24, 2.45) is 0 Å². The van der Waals surface area contributed by atoms with Gasteiger partial charge in [0.05, 0.1) is 4.90 Å². The number of carbonyl (C=O) groups excluding carboxylic acids is 2. The summed E-state index contributed by atoms with van der Waals surface area (Å²) in [7, 11) is -3.51. The molecule has 0 radical (unpaired) electrons. The number of urea groups is 1. The molecule has 0 unspecified atom stereocenters. The van der Waals surface area contributed by atoms with Crippen molar-refractivity contribution >= 4 is 22.0 Å². The second-order valence-electron chi connectivity index (χ2n) is 6.94. The molecule has 1 aliphatic rings. The Kier molecular flexibility index (Phi) is 7.42. The molecule has 1 aliphatic heterocycles. The van der Waals surface area contributed by atoms with Crippen LogP contribution >= 0.6 is 0 Å². The number of nitrogens with one attached hydrogen (secondary N) is 2. The molecule has 0 bridgehead atoms. The van der Waals surface area contributed by atoms with Crippen LogP contribution in [0.2, 0.25) is 0 Å². The van der Waals surface area contributed by atoms with Crippen molar-refractivity contribution < 1.29 is 22.7 Å². The van der Waals surface area contributed by atoms with E-state index in [0.717, 1.165) is 24.8 Å². The number of carbonyl (C=O) groups is 2. The van der Waals surface area contributed by atoms with Crippen LogP contribution in [0.5, 0.6) is 5.75 Å². The van der Waals surface area contributed by atoms with Crippen molar-refractivity contribution in [2.75, 3.05) is 19.7 Å². The van der Waals surface area contributed by atoms with E-state index in [1.54, 1.807) is 0 Å². The minimum atomic E-state index is -3.51. The average molecular weight is 432 g/mol. The maximum absolute atomic E-state index is 12.6. The second kappa shape index (κ2) is 10.2. The second-order valence-corrected chi connectivity index (χ2v) is 8.88. The average Bonchev–Trinajstić information content (AvgIpc) is 2.78. The maximum Gasteiger partial charge on any atom is 0.321 e. The molecule has 3 rings (SSSR count). The normalized spacial score (nSPS) is 14.7. The first-order chi connectivity index (χ1) is 14.4. The van der Waals surface area contributed by atoms with Crippen LogP contribution in [-0.2, 0) is 21.4 Å². The Morgan fingerprint density at radius 2 is 1.60 bits per heavy atom. The highest BCUT2D eigenvalue weighted by atomic mass is 32.2. The van der Waals surface area contributed by atoms with Gasteiger partial charge in [-0.3, -0.25) is 10.1 Å². The summed E-state index contributed by atoms with van der Waals surface area (Å²) in [6.45, 7) is 1.00. The summed E-state index contributed by atoms with van der Waals surface area (Å²) in [5.41, 5.74) is 0.913. The first-order valence-corrected chi connectivity index (χ1v) is 11.2. The Morgan fingerprint density at radius 3 is 2.27 bits per heavy atom. The van der Waals surface area contributed by atoms with Gasteiger partial charge in [-0.2, -0.15) is 4.31 Å². The molecule has 30 heavy (non-hydrogen) atoms. The summed E-state index contributed by atoms with van der Waals surface area (Å²) < 4.78 is 32.1. The Hall–Kier alpha value is -2.91. The SMILES string of the molecule is O=C(COc1ccc(S(=O)(=O)N2CCCCC2)cc1)NC(=O)NCc1ccccc1. The van der Waals surface area contributed by atoms with Crippen molar-refractivity contribution in [1.82, 2.24) is 14.9 Å². The lowest BCUT2D eigenvalue weighted by Gasteiger charge is -2.25. The molecule has 0 aliphatic carbocycles. The van der Waals surface area contributed by atoms with E-state index in [-0.39, 0.29) is 11.5 Å². The molecule has 2 aromatic carbocycles. The lowest BCUT2D eigenvalue weighted by atomic mass is 10.2. The molecular weight excluding hydrogens is 406 g/mol. The van der Waals surface area contributed by atoms with Crippen LogP contribution in [-0.4, -0.2) is 44.4 Å². The number of benzene rings is 2. The molecule has 2 aromatic rings. The lowest BCUT2D eigenvalue weighted by molar-refractivity contribution is -0.122. The zero-order valence-electron chi connectivity index (χ0n) is 16.5. The highest BCUT2D eigenvalue weighted by Crippen LogP contribution is 2.22. The van der Waals surface area contributed by atoms with Crippen LogP contribution < -0.4 is 15.4 Å². The van der Waals surface area contributed by atoms with E-state index >= 15 is 0 Å². The number of rotatable bonds is 7. The minimum absolute atomic E-state index is 0.196. The number of sulfonamides is 1. The van der Waals surface area contributed by atoms with Crippen molar-refractivity contribution in [3.05, 3.63) is 60.2 Å². The summed E-state index contributed by atoms with van der Waals surface area (Å²) in [4.78, 5) is 23.8. The zero-order valence-corrected chi connectivity index (χ0v) is 17.4. The zero-order chi connectivity index (χ0) is 21.4. The topological polar surface area (TPSA) is 105 Å². The van der Waals surface area contributed by atoms with E-state index in [9.17, 15) is 18.0 Å². The maximum atomic E-state index is 12.6. The number of imide groups is 1. The Balaban J connectivity index is 1.45. The number of hydrogen-bond acceptors (Lipinski definition) is 5. The number of ether oxygens (including phenoxy) is 1. The smallest absolute Gasteiger partial charge is 0.321 e. The number of piperidine rings is 1. The van der Waals surface area contributed by atoms with Crippen molar-refractivity contribution in [3.8, 4) is 5.75 Å². The van der Waals surface area contributed by atoms with Crippen LogP contribution in [0.4, 0.5) is 4.79 Å². The molecule has 0 atom stereocenters. The van der Waals surface area contributed by atoms with Gasteiger partial charge in [-0.15, -0.1) is 0 Å². The molecule has 1 fully saturated rings. The van der Waals surface area contributed by atoms with Gasteiger partial charge in [0.25, 0.3) is 5.91 Å². The summed E-state index contributed by atoms with van der Waals surface area (Å²) in [6.07, 6.45) is 2.79. The highest BCUT2D eigenvalue weighted by molar-refractivity contribution is 7.89. The van der Waals surface area contributed by atoms with Crippen LogP contribution in [0, 0.1) is 0 Å². The van der Waals surface area contributed by atoms with Crippen LogP contribution in [0.3, 0.4) is 0 Å². The van der Waals surface area contributed by atoms with Gasteiger partial charge in [-0.05, 0) is 42.7 Å². The fourth-order valence-corrected chi connectivity index (χ4v) is 4.61. The van der Waals surface area contributed by atoms with Crippen LogP contribution in [0.25, 0.3) is 0 Å². The number of nitrogens with zero attached hydrogens (tertiary/aromatic N) is 1. The fourth-order valence-electron chi connectivity index (χ4n) is 3.10. The predicted octanol–water partition coefficient (Wildman–Crippen LogP) is 2.27. The molecule has 8 nitrogen and oxygen atoms in total. The van der Waals surface area contributed by atoms with Crippen molar-refractivity contribution in [2.45, 2.75) is 30.7 Å². The Bertz CT molecular complexity index is 956.